The third-order valence-electron chi connectivity index (χ3n) is 2.02. The van der Waals surface area contributed by atoms with Gasteiger partial charge in [-0.1, -0.05) is 12.1 Å². The molecule has 0 amide bonds. The third-order valence-corrected chi connectivity index (χ3v) is 2.02. The van der Waals surface area contributed by atoms with E-state index in [1.54, 1.807) is 0 Å². The molecule has 0 fully saturated rings. The van der Waals surface area contributed by atoms with E-state index in [0.29, 0.717) is 18.2 Å². The van der Waals surface area contributed by atoms with Gasteiger partial charge in [0.2, 0.25) is 0 Å². The Labute approximate surface area is 98.0 Å². The van der Waals surface area contributed by atoms with Crippen molar-refractivity contribution in [3.63, 3.8) is 0 Å². The number of allylic oxidation sites excluding steroid dienone is 1. The number of hydrogen-bond donors (Lipinski definition) is 0. The highest BCUT2D eigenvalue weighted by molar-refractivity contribution is 5.59. The molecule has 18 heavy (non-hydrogen) atoms. The zero-order valence-electron chi connectivity index (χ0n) is 8.60. The second-order valence-corrected chi connectivity index (χ2v) is 3.23. The number of rotatable bonds is 1. The van der Waals surface area contributed by atoms with Crippen LogP contribution in [0.25, 0.3) is 6.08 Å². The van der Waals surface area contributed by atoms with E-state index in [2.05, 4.69) is 0 Å². The van der Waals surface area contributed by atoms with Crippen molar-refractivity contribution >= 4 is 6.08 Å². The number of benzene rings is 1. The summed E-state index contributed by atoms with van der Waals surface area (Å²) in [6, 6.07) is 3.50. The van der Waals surface area contributed by atoms with Crippen LogP contribution in [-0.2, 0) is 12.4 Å². The summed E-state index contributed by atoms with van der Waals surface area (Å²) in [5, 5.41) is 8.21. The minimum atomic E-state index is -5.15. The van der Waals surface area contributed by atoms with Crippen LogP contribution in [0, 0.1) is 11.3 Å². The zero-order chi connectivity index (χ0) is 14.0. The van der Waals surface area contributed by atoms with Gasteiger partial charge in [0.15, 0.2) is 0 Å². The second kappa shape index (κ2) is 4.72. The maximum Gasteiger partial charge on any atom is 0.417 e. The van der Waals surface area contributed by atoms with Gasteiger partial charge in [0.05, 0.1) is 17.2 Å². The SMILES string of the molecule is N#CC=Cc1cccc(C(F)(F)F)c1C(F)(F)F. The fourth-order valence-electron chi connectivity index (χ4n) is 1.39. The van der Waals surface area contributed by atoms with Gasteiger partial charge in [0.25, 0.3) is 0 Å². The molecule has 0 radical (unpaired) electrons. The molecule has 0 aliphatic heterocycles. The smallest absolute Gasteiger partial charge is 0.193 e. The number of halogens is 6. The van der Waals surface area contributed by atoms with Crippen LogP contribution in [0.2, 0.25) is 0 Å². The summed E-state index contributed by atoms with van der Waals surface area (Å²) >= 11 is 0. The van der Waals surface area contributed by atoms with E-state index in [1.165, 1.54) is 6.07 Å². The first-order valence-corrected chi connectivity index (χ1v) is 4.51. The molecule has 0 unspecified atom stereocenters. The molecule has 0 aliphatic rings. The molecule has 1 rings (SSSR count). The maximum absolute atomic E-state index is 12.6. The average molecular weight is 265 g/mol. The van der Waals surface area contributed by atoms with Crippen molar-refractivity contribution in [3.8, 4) is 6.07 Å². The van der Waals surface area contributed by atoms with Gasteiger partial charge in [0, 0.05) is 6.08 Å². The topological polar surface area (TPSA) is 23.8 Å². The molecule has 0 aromatic heterocycles. The van der Waals surface area contributed by atoms with E-state index in [1.807, 2.05) is 0 Å². The standard InChI is InChI=1S/C11H5F6N/c12-10(13,14)8-5-1-3-7(4-2-6-18)9(8)11(15,16)17/h1-5H. The minimum Gasteiger partial charge on any atom is -0.193 e. The Kier molecular flexibility index (Phi) is 3.70. The molecule has 0 bridgehead atoms. The molecule has 0 atom stereocenters. The Morgan fingerprint density at radius 1 is 1.00 bits per heavy atom. The van der Waals surface area contributed by atoms with Crippen LogP contribution in [0.15, 0.2) is 24.3 Å². The Hall–Kier alpha value is -1.97. The Morgan fingerprint density at radius 2 is 1.61 bits per heavy atom. The summed E-state index contributed by atoms with van der Waals surface area (Å²) in [4.78, 5) is 0. The molecule has 0 N–H and O–H groups in total. The van der Waals surface area contributed by atoms with Gasteiger partial charge in [-0.15, -0.1) is 0 Å². The van der Waals surface area contributed by atoms with Crippen LogP contribution in [0.5, 0.6) is 0 Å². The molecule has 1 nitrogen and oxygen atoms in total. The highest BCUT2D eigenvalue weighted by atomic mass is 19.4. The number of nitrogens with zero attached hydrogens (tertiary/aromatic N) is 1. The lowest BCUT2D eigenvalue weighted by molar-refractivity contribution is -0.162. The van der Waals surface area contributed by atoms with Gasteiger partial charge in [-0.05, 0) is 17.7 Å². The van der Waals surface area contributed by atoms with Crippen LogP contribution in [0.4, 0.5) is 26.3 Å². The Morgan fingerprint density at radius 3 is 2.06 bits per heavy atom. The van der Waals surface area contributed by atoms with Crippen LogP contribution in [0.3, 0.4) is 0 Å². The van der Waals surface area contributed by atoms with Crippen molar-refractivity contribution in [3.05, 3.63) is 41.0 Å². The van der Waals surface area contributed by atoms with E-state index >= 15 is 0 Å². The molecular formula is C11H5F6N. The summed E-state index contributed by atoms with van der Waals surface area (Å²) in [7, 11) is 0. The van der Waals surface area contributed by atoms with Gasteiger partial charge in [0.1, 0.15) is 0 Å². The average Bonchev–Trinajstić information content (AvgIpc) is 2.23. The number of nitriles is 1. The first-order chi connectivity index (χ1) is 8.18. The predicted molar refractivity (Wildman–Crippen MR) is 51.1 cm³/mol. The second-order valence-electron chi connectivity index (χ2n) is 3.23. The molecule has 0 saturated heterocycles. The normalized spacial score (nSPS) is 12.7. The van der Waals surface area contributed by atoms with Crippen molar-refractivity contribution in [2.45, 2.75) is 12.4 Å². The highest BCUT2D eigenvalue weighted by Gasteiger charge is 2.44. The monoisotopic (exact) mass is 265 g/mol. The molecule has 7 heteroatoms. The molecule has 96 valence electrons. The van der Waals surface area contributed by atoms with Crippen molar-refractivity contribution in [2.75, 3.05) is 0 Å². The van der Waals surface area contributed by atoms with Gasteiger partial charge in [-0.3, -0.25) is 0 Å². The first-order valence-electron chi connectivity index (χ1n) is 4.51. The van der Waals surface area contributed by atoms with E-state index in [-0.39, 0.29) is 0 Å². The molecule has 0 spiro atoms. The summed E-state index contributed by atoms with van der Waals surface area (Å²) in [5.41, 5.74) is -4.25. The molecule has 0 aliphatic carbocycles. The molecule has 1 aromatic rings. The van der Waals surface area contributed by atoms with Crippen LogP contribution < -0.4 is 0 Å². The van der Waals surface area contributed by atoms with Crippen molar-refractivity contribution in [2.24, 2.45) is 0 Å². The van der Waals surface area contributed by atoms with Crippen LogP contribution >= 0.6 is 0 Å². The van der Waals surface area contributed by atoms with Crippen molar-refractivity contribution < 1.29 is 26.3 Å². The van der Waals surface area contributed by atoms with Gasteiger partial charge < -0.3 is 0 Å². The van der Waals surface area contributed by atoms with Crippen molar-refractivity contribution in [1.82, 2.24) is 0 Å². The van der Waals surface area contributed by atoms with Crippen LogP contribution in [-0.4, -0.2) is 0 Å². The van der Waals surface area contributed by atoms with E-state index in [9.17, 15) is 26.3 Å². The fraction of sp³-hybridized carbons (Fsp3) is 0.182. The maximum atomic E-state index is 12.6. The van der Waals surface area contributed by atoms with Crippen molar-refractivity contribution in [1.29, 1.82) is 5.26 Å². The number of alkyl halides is 6. The predicted octanol–water partition coefficient (Wildman–Crippen LogP) is 4.26. The molecular weight excluding hydrogens is 260 g/mol. The van der Waals surface area contributed by atoms with Gasteiger partial charge >= 0.3 is 12.4 Å². The summed E-state index contributed by atoms with van der Waals surface area (Å²) in [6.07, 6.45) is -8.88. The minimum absolute atomic E-state index is 0.354. The van der Waals surface area contributed by atoms with Gasteiger partial charge in [-0.25, -0.2) is 0 Å². The molecule has 1 aromatic carbocycles. The lowest BCUT2D eigenvalue weighted by Crippen LogP contribution is -2.17. The molecule has 0 heterocycles. The third kappa shape index (κ3) is 3.03. The zero-order valence-corrected chi connectivity index (χ0v) is 8.60. The lowest BCUT2D eigenvalue weighted by Gasteiger charge is -2.17. The summed E-state index contributed by atoms with van der Waals surface area (Å²) in [6.45, 7) is 0. The lowest BCUT2D eigenvalue weighted by atomic mass is 9.99. The largest absolute Gasteiger partial charge is 0.417 e. The first kappa shape index (κ1) is 14.1. The Bertz CT molecular complexity index is 504. The van der Waals surface area contributed by atoms with Crippen LogP contribution in [0.1, 0.15) is 16.7 Å². The van der Waals surface area contributed by atoms with E-state index < -0.39 is 29.0 Å². The van der Waals surface area contributed by atoms with Gasteiger partial charge in [-0.2, -0.15) is 31.6 Å². The highest BCUT2D eigenvalue weighted by Crippen LogP contribution is 2.42. The number of hydrogen-bond acceptors (Lipinski definition) is 1. The van der Waals surface area contributed by atoms with E-state index in [4.69, 9.17) is 5.26 Å². The van der Waals surface area contributed by atoms with E-state index in [0.717, 1.165) is 12.1 Å². The summed E-state index contributed by atoms with van der Waals surface area (Å²) in [5.74, 6) is 0. The quantitative estimate of drug-likeness (QED) is 0.549. The summed E-state index contributed by atoms with van der Waals surface area (Å²) < 4.78 is 75.4. The molecule has 0 saturated carbocycles. The fourth-order valence-corrected chi connectivity index (χ4v) is 1.39. The Balaban J connectivity index is 3.57.